The van der Waals surface area contributed by atoms with Gasteiger partial charge in [-0.3, -0.25) is 4.98 Å². The molecule has 0 radical (unpaired) electrons. The molecule has 0 fully saturated rings. The van der Waals surface area contributed by atoms with E-state index in [1.165, 1.54) is 11.4 Å². The molecule has 0 amide bonds. The number of benzene rings is 1. The summed E-state index contributed by atoms with van der Waals surface area (Å²) in [5.74, 6) is 0. The molecule has 2 heterocycles. The van der Waals surface area contributed by atoms with Crippen LogP contribution in [-0.2, 0) is 6.42 Å². The van der Waals surface area contributed by atoms with Crippen molar-refractivity contribution in [2.75, 3.05) is 19.6 Å². The molecule has 0 atom stereocenters. The largest absolute Gasteiger partial charge is 0.321 e. The fourth-order valence-electron chi connectivity index (χ4n) is 2.59. The van der Waals surface area contributed by atoms with Crippen molar-refractivity contribution in [3.05, 3.63) is 84.9 Å². The van der Waals surface area contributed by atoms with Gasteiger partial charge in [0.2, 0.25) is 0 Å². The summed E-state index contributed by atoms with van der Waals surface area (Å²) >= 11 is 0. The highest BCUT2D eigenvalue weighted by atomic mass is 15.1. The highest BCUT2D eigenvalue weighted by molar-refractivity contribution is 5.34. The lowest BCUT2D eigenvalue weighted by molar-refractivity contribution is 0.306. The molecule has 0 spiro atoms. The van der Waals surface area contributed by atoms with E-state index >= 15 is 0 Å². The third-order valence-electron chi connectivity index (χ3n) is 4.01. The Bertz CT molecular complexity index is 631. The maximum Gasteiger partial charge on any atom is 0.0452 e. The molecule has 126 valence electrons. The van der Waals surface area contributed by atoms with Gasteiger partial charge in [0, 0.05) is 42.9 Å². The first kappa shape index (κ1) is 18.0. The molecular weight excluding hydrogens is 294 g/mol. The highest BCUT2D eigenvalue weighted by Crippen LogP contribution is 2.13. The molecule has 0 aliphatic rings. The van der Waals surface area contributed by atoms with Gasteiger partial charge in [0.1, 0.15) is 0 Å². The van der Waals surface area contributed by atoms with E-state index in [4.69, 9.17) is 0 Å². The molecule has 3 heteroatoms. The summed E-state index contributed by atoms with van der Waals surface area (Å²) in [4.78, 5) is 6.25. The number of nitrogens with zero attached hydrogens (tertiary/aromatic N) is 3. The van der Waals surface area contributed by atoms with Crippen molar-refractivity contribution in [1.29, 1.82) is 0 Å². The fraction of sp³-hybridized carbons (Fsp3) is 0.286. The lowest BCUT2D eigenvalue weighted by atomic mass is 10.2. The topological polar surface area (TPSA) is 21.1 Å². The third-order valence-corrected chi connectivity index (χ3v) is 4.01. The zero-order valence-corrected chi connectivity index (χ0v) is 14.7. The van der Waals surface area contributed by atoms with Crippen molar-refractivity contribution in [3.8, 4) is 5.69 Å². The summed E-state index contributed by atoms with van der Waals surface area (Å²) in [5, 5.41) is 0. The van der Waals surface area contributed by atoms with Crippen molar-refractivity contribution >= 4 is 0 Å². The fourth-order valence-corrected chi connectivity index (χ4v) is 2.59. The van der Waals surface area contributed by atoms with E-state index in [1.54, 1.807) is 12.4 Å². The van der Waals surface area contributed by atoms with Gasteiger partial charge in [0.25, 0.3) is 0 Å². The van der Waals surface area contributed by atoms with Gasteiger partial charge in [-0.15, -0.1) is 0 Å². The van der Waals surface area contributed by atoms with Gasteiger partial charge in [-0.1, -0.05) is 38.1 Å². The standard InChI is InChI=1S/C16H22N2.C5H5N/c1-3-17(4-2)14-12-16-11-8-13-18(16)15-9-6-5-7-10-15;1-2-4-6-5-3-1/h5-11,13H,3-4,12,14H2,1-2H3;1-5H. The predicted octanol–water partition coefficient (Wildman–Crippen LogP) is 4.44. The van der Waals surface area contributed by atoms with E-state index in [0.717, 1.165) is 26.1 Å². The Balaban J connectivity index is 0.000000292. The number of hydrogen-bond acceptors (Lipinski definition) is 2. The van der Waals surface area contributed by atoms with Crippen LogP contribution in [0.15, 0.2) is 79.3 Å². The van der Waals surface area contributed by atoms with Crippen LogP contribution < -0.4 is 0 Å². The van der Waals surface area contributed by atoms with Crippen molar-refractivity contribution in [3.63, 3.8) is 0 Å². The first-order valence-corrected chi connectivity index (χ1v) is 8.64. The van der Waals surface area contributed by atoms with Gasteiger partial charge in [0.05, 0.1) is 0 Å². The van der Waals surface area contributed by atoms with Crippen molar-refractivity contribution in [1.82, 2.24) is 14.5 Å². The molecule has 0 N–H and O–H groups in total. The Morgan fingerprint density at radius 3 is 2.04 bits per heavy atom. The lowest BCUT2D eigenvalue weighted by Crippen LogP contribution is -2.25. The molecule has 0 saturated carbocycles. The Morgan fingerprint density at radius 2 is 1.50 bits per heavy atom. The lowest BCUT2D eigenvalue weighted by Gasteiger charge is -2.18. The van der Waals surface area contributed by atoms with Gasteiger partial charge < -0.3 is 9.47 Å². The number of rotatable bonds is 6. The zero-order chi connectivity index (χ0) is 17.0. The average molecular weight is 321 g/mol. The summed E-state index contributed by atoms with van der Waals surface area (Å²) in [7, 11) is 0. The number of hydrogen-bond donors (Lipinski definition) is 0. The van der Waals surface area contributed by atoms with Crippen LogP contribution in [0.5, 0.6) is 0 Å². The second kappa shape index (κ2) is 10.4. The van der Waals surface area contributed by atoms with Crippen LogP contribution in [0.3, 0.4) is 0 Å². The second-order valence-electron chi connectivity index (χ2n) is 5.51. The Morgan fingerprint density at radius 1 is 0.833 bits per heavy atom. The van der Waals surface area contributed by atoms with Crippen LogP contribution in [0.25, 0.3) is 5.69 Å². The minimum Gasteiger partial charge on any atom is -0.321 e. The van der Waals surface area contributed by atoms with Crippen LogP contribution in [-0.4, -0.2) is 34.1 Å². The average Bonchev–Trinajstić information content (AvgIpc) is 3.14. The van der Waals surface area contributed by atoms with E-state index in [9.17, 15) is 0 Å². The van der Waals surface area contributed by atoms with Crippen LogP contribution >= 0.6 is 0 Å². The van der Waals surface area contributed by atoms with Crippen LogP contribution in [0.4, 0.5) is 0 Å². The first-order valence-electron chi connectivity index (χ1n) is 8.64. The molecule has 3 rings (SSSR count). The Kier molecular flexibility index (Phi) is 7.78. The smallest absolute Gasteiger partial charge is 0.0452 e. The van der Waals surface area contributed by atoms with E-state index in [1.807, 2.05) is 18.2 Å². The number of aromatic nitrogens is 2. The van der Waals surface area contributed by atoms with E-state index in [2.05, 4.69) is 77.0 Å². The second-order valence-corrected chi connectivity index (χ2v) is 5.51. The minimum absolute atomic E-state index is 1.10. The maximum atomic E-state index is 3.78. The monoisotopic (exact) mass is 321 g/mol. The molecule has 24 heavy (non-hydrogen) atoms. The van der Waals surface area contributed by atoms with Crippen molar-refractivity contribution in [2.24, 2.45) is 0 Å². The Hall–Kier alpha value is -2.39. The molecule has 0 aliphatic heterocycles. The first-order chi connectivity index (χ1) is 11.8. The zero-order valence-electron chi connectivity index (χ0n) is 14.7. The molecule has 0 saturated heterocycles. The van der Waals surface area contributed by atoms with Crippen molar-refractivity contribution < 1.29 is 0 Å². The van der Waals surface area contributed by atoms with Crippen LogP contribution in [0.1, 0.15) is 19.5 Å². The minimum atomic E-state index is 1.10. The van der Waals surface area contributed by atoms with Crippen LogP contribution in [0.2, 0.25) is 0 Å². The highest BCUT2D eigenvalue weighted by Gasteiger charge is 2.05. The van der Waals surface area contributed by atoms with Gasteiger partial charge in [-0.05, 0) is 49.5 Å². The van der Waals surface area contributed by atoms with Gasteiger partial charge in [-0.2, -0.15) is 0 Å². The third kappa shape index (κ3) is 5.67. The van der Waals surface area contributed by atoms with E-state index in [0.29, 0.717) is 0 Å². The quantitative estimate of drug-likeness (QED) is 0.669. The van der Waals surface area contributed by atoms with Crippen molar-refractivity contribution in [2.45, 2.75) is 20.3 Å². The summed E-state index contributed by atoms with van der Waals surface area (Å²) in [6, 6.07) is 20.6. The van der Waals surface area contributed by atoms with Gasteiger partial charge in [0.15, 0.2) is 0 Å². The van der Waals surface area contributed by atoms with E-state index < -0.39 is 0 Å². The normalized spacial score (nSPS) is 10.3. The number of likely N-dealkylation sites (N-methyl/N-ethyl adjacent to an activating group) is 1. The number of para-hydroxylation sites is 1. The molecule has 0 aliphatic carbocycles. The van der Waals surface area contributed by atoms with E-state index in [-0.39, 0.29) is 0 Å². The Labute approximate surface area is 145 Å². The van der Waals surface area contributed by atoms with Crippen LogP contribution in [0, 0.1) is 0 Å². The molecule has 1 aromatic carbocycles. The van der Waals surface area contributed by atoms with Gasteiger partial charge in [-0.25, -0.2) is 0 Å². The summed E-state index contributed by atoms with van der Waals surface area (Å²) in [6.45, 7) is 7.83. The summed E-state index contributed by atoms with van der Waals surface area (Å²) in [5.41, 5.74) is 2.63. The molecular formula is C21H27N3. The molecule has 0 bridgehead atoms. The summed E-state index contributed by atoms with van der Waals surface area (Å²) < 4.78 is 2.28. The maximum absolute atomic E-state index is 3.78. The molecule has 2 aromatic heterocycles. The summed E-state index contributed by atoms with van der Waals surface area (Å²) in [6.07, 6.45) is 6.75. The number of pyridine rings is 1. The predicted molar refractivity (Wildman–Crippen MR) is 101 cm³/mol. The molecule has 3 aromatic rings. The molecule has 3 nitrogen and oxygen atoms in total. The van der Waals surface area contributed by atoms with Gasteiger partial charge >= 0.3 is 0 Å². The SMILES string of the molecule is CCN(CC)CCc1cccn1-c1ccccc1.c1ccncc1. The molecule has 0 unspecified atom stereocenters.